The van der Waals surface area contributed by atoms with Crippen LogP contribution < -0.4 is 15.8 Å². The minimum Gasteiger partial charge on any atom is -0.495 e. The standard InChI is InChI=1S/C14H13ClN2O2/c1-19-13-7-6-9(8-12(13)16)17-14(18)10-4-2-3-5-11(10)15/h2-8H,16H2,1H3,(H,17,18). The highest BCUT2D eigenvalue weighted by atomic mass is 35.5. The Morgan fingerprint density at radius 3 is 2.63 bits per heavy atom. The normalized spacial score (nSPS) is 10.0. The second-order valence-corrected chi connectivity index (χ2v) is 4.30. The van der Waals surface area contributed by atoms with Crippen LogP contribution in [0.25, 0.3) is 0 Å². The Morgan fingerprint density at radius 1 is 1.26 bits per heavy atom. The highest BCUT2D eigenvalue weighted by Crippen LogP contribution is 2.25. The van der Waals surface area contributed by atoms with Crippen LogP contribution in [0.15, 0.2) is 42.5 Å². The van der Waals surface area contributed by atoms with Crippen LogP contribution in [-0.2, 0) is 0 Å². The second-order valence-electron chi connectivity index (χ2n) is 3.89. The minimum atomic E-state index is -0.282. The van der Waals surface area contributed by atoms with Gasteiger partial charge in [0.25, 0.3) is 5.91 Å². The number of hydrogen-bond acceptors (Lipinski definition) is 3. The summed E-state index contributed by atoms with van der Waals surface area (Å²) in [7, 11) is 1.54. The molecular formula is C14H13ClN2O2. The zero-order valence-corrected chi connectivity index (χ0v) is 11.1. The van der Waals surface area contributed by atoms with Crippen molar-refractivity contribution < 1.29 is 9.53 Å². The van der Waals surface area contributed by atoms with Crippen molar-refractivity contribution in [2.24, 2.45) is 0 Å². The molecule has 0 radical (unpaired) electrons. The van der Waals surface area contributed by atoms with Crippen molar-refractivity contribution in [3.05, 3.63) is 53.1 Å². The predicted molar refractivity (Wildman–Crippen MR) is 76.8 cm³/mol. The van der Waals surface area contributed by atoms with E-state index in [0.29, 0.717) is 27.7 Å². The number of nitrogens with one attached hydrogen (secondary N) is 1. The van der Waals surface area contributed by atoms with Gasteiger partial charge in [-0.15, -0.1) is 0 Å². The van der Waals surface area contributed by atoms with Crippen molar-refractivity contribution in [2.75, 3.05) is 18.2 Å². The third-order valence-electron chi connectivity index (χ3n) is 2.61. The lowest BCUT2D eigenvalue weighted by molar-refractivity contribution is 0.102. The molecule has 0 heterocycles. The molecule has 0 aromatic heterocycles. The van der Waals surface area contributed by atoms with Gasteiger partial charge in [-0.05, 0) is 30.3 Å². The molecule has 2 aromatic carbocycles. The maximum atomic E-state index is 12.0. The highest BCUT2D eigenvalue weighted by Gasteiger charge is 2.10. The number of benzene rings is 2. The van der Waals surface area contributed by atoms with Crippen LogP contribution in [0.5, 0.6) is 5.75 Å². The molecule has 0 saturated carbocycles. The molecular weight excluding hydrogens is 264 g/mol. The average Bonchev–Trinajstić information content (AvgIpc) is 2.39. The minimum absolute atomic E-state index is 0.282. The summed E-state index contributed by atoms with van der Waals surface area (Å²) >= 11 is 5.96. The van der Waals surface area contributed by atoms with E-state index in [1.165, 1.54) is 7.11 Å². The zero-order valence-electron chi connectivity index (χ0n) is 10.3. The van der Waals surface area contributed by atoms with Gasteiger partial charge < -0.3 is 15.8 Å². The molecule has 4 nitrogen and oxygen atoms in total. The first-order valence-corrected chi connectivity index (χ1v) is 5.99. The monoisotopic (exact) mass is 276 g/mol. The highest BCUT2D eigenvalue weighted by molar-refractivity contribution is 6.34. The summed E-state index contributed by atoms with van der Waals surface area (Å²) in [5.74, 6) is 0.283. The van der Waals surface area contributed by atoms with E-state index in [0.717, 1.165) is 0 Å². The number of nitrogens with two attached hydrogens (primary N) is 1. The predicted octanol–water partition coefficient (Wildman–Crippen LogP) is 3.18. The van der Waals surface area contributed by atoms with Crippen LogP contribution in [0.4, 0.5) is 11.4 Å². The number of nitrogen functional groups attached to an aromatic ring is 1. The van der Waals surface area contributed by atoms with Crippen molar-refractivity contribution in [3.63, 3.8) is 0 Å². The van der Waals surface area contributed by atoms with Gasteiger partial charge >= 0.3 is 0 Å². The molecule has 2 rings (SSSR count). The summed E-state index contributed by atoms with van der Waals surface area (Å²) < 4.78 is 5.05. The van der Waals surface area contributed by atoms with Gasteiger partial charge in [0.15, 0.2) is 0 Å². The topological polar surface area (TPSA) is 64.3 Å². The summed E-state index contributed by atoms with van der Waals surface area (Å²) in [5.41, 5.74) is 7.23. The molecule has 2 aromatic rings. The van der Waals surface area contributed by atoms with Gasteiger partial charge in [-0.25, -0.2) is 0 Å². The van der Waals surface area contributed by atoms with Crippen molar-refractivity contribution in [3.8, 4) is 5.75 Å². The Morgan fingerprint density at radius 2 is 2.00 bits per heavy atom. The number of halogens is 1. The second kappa shape index (κ2) is 5.63. The molecule has 0 aliphatic rings. The third-order valence-corrected chi connectivity index (χ3v) is 2.94. The van der Waals surface area contributed by atoms with Gasteiger partial charge in [-0.3, -0.25) is 4.79 Å². The molecule has 98 valence electrons. The number of anilines is 2. The van der Waals surface area contributed by atoms with Gasteiger partial charge in [0.2, 0.25) is 0 Å². The number of amides is 1. The van der Waals surface area contributed by atoms with Crippen molar-refractivity contribution in [2.45, 2.75) is 0 Å². The fourth-order valence-electron chi connectivity index (χ4n) is 1.66. The van der Waals surface area contributed by atoms with Gasteiger partial charge in [0, 0.05) is 5.69 Å². The number of methoxy groups -OCH3 is 1. The number of rotatable bonds is 3. The van der Waals surface area contributed by atoms with E-state index in [1.54, 1.807) is 42.5 Å². The molecule has 0 saturated heterocycles. The van der Waals surface area contributed by atoms with E-state index in [9.17, 15) is 4.79 Å². The van der Waals surface area contributed by atoms with Crippen molar-refractivity contribution in [1.29, 1.82) is 0 Å². The van der Waals surface area contributed by atoms with Crippen LogP contribution >= 0.6 is 11.6 Å². The van der Waals surface area contributed by atoms with Crippen molar-refractivity contribution in [1.82, 2.24) is 0 Å². The number of carbonyl (C=O) groups excluding carboxylic acids is 1. The fraction of sp³-hybridized carbons (Fsp3) is 0.0714. The molecule has 5 heteroatoms. The summed E-state index contributed by atoms with van der Waals surface area (Å²) in [5, 5.41) is 3.14. The van der Waals surface area contributed by atoms with Gasteiger partial charge in [0.1, 0.15) is 5.75 Å². The van der Waals surface area contributed by atoms with Crippen LogP contribution in [0, 0.1) is 0 Å². The third kappa shape index (κ3) is 2.98. The smallest absolute Gasteiger partial charge is 0.257 e. The Labute approximate surface area is 116 Å². The van der Waals surface area contributed by atoms with E-state index >= 15 is 0 Å². The van der Waals surface area contributed by atoms with E-state index in [2.05, 4.69) is 5.32 Å². The Balaban J connectivity index is 2.20. The van der Waals surface area contributed by atoms with Crippen LogP contribution in [0.2, 0.25) is 5.02 Å². The molecule has 0 aliphatic heterocycles. The fourth-order valence-corrected chi connectivity index (χ4v) is 1.88. The van der Waals surface area contributed by atoms with Gasteiger partial charge in [-0.1, -0.05) is 23.7 Å². The zero-order chi connectivity index (χ0) is 13.8. The molecule has 0 spiro atoms. The van der Waals surface area contributed by atoms with Crippen LogP contribution in [-0.4, -0.2) is 13.0 Å². The summed E-state index contributed by atoms with van der Waals surface area (Å²) in [6.07, 6.45) is 0. The van der Waals surface area contributed by atoms with Crippen LogP contribution in [0.3, 0.4) is 0 Å². The Kier molecular flexibility index (Phi) is 3.92. The molecule has 0 fully saturated rings. The summed E-state index contributed by atoms with van der Waals surface area (Å²) in [4.78, 5) is 12.0. The molecule has 3 N–H and O–H groups in total. The average molecular weight is 277 g/mol. The summed E-state index contributed by atoms with van der Waals surface area (Å²) in [6.45, 7) is 0. The molecule has 0 aliphatic carbocycles. The SMILES string of the molecule is COc1ccc(NC(=O)c2ccccc2Cl)cc1N. The van der Waals surface area contributed by atoms with Gasteiger partial charge in [-0.2, -0.15) is 0 Å². The lowest BCUT2D eigenvalue weighted by Gasteiger charge is -2.09. The van der Waals surface area contributed by atoms with Crippen molar-refractivity contribution >= 4 is 28.9 Å². The first kappa shape index (κ1) is 13.2. The molecule has 0 bridgehead atoms. The Hall–Kier alpha value is -2.20. The lowest BCUT2D eigenvalue weighted by Crippen LogP contribution is -2.12. The van der Waals surface area contributed by atoms with E-state index in [1.807, 2.05) is 0 Å². The molecule has 0 unspecified atom stereocenters. The molecule has 0 atom stereocenters. The Bertz CT molecular complexity index is 614. The molecule has 1 amide bonds. The first-order chi connectivity index (χ1) is 9.11. The maximum Gasteiger partial charge on any atom is 0.257 e. The van der Waals surface area contributed by atoms with E-state index in [-0.39, 0.29) is 5.91 Å². The first-order valence-electron chi connectivity index (χ1n) is 5.61. The quantitative estimate of drug-likeness (QED) is 0.846. The lowest BCUT2D eigenvalue weighted by atomic mass is 10.2. The molecule has 19 heavy (non-hydrogen) atoms. The maximum absolute atomic E-state index is 12.0. The number of ether oxygens (including phenoxy) is 1. The van der Waals surface area contributed by atoms with E-state index in [4.69, 9.17) is 22.1 Å². The van der Waals surface area contributed by atoms with Crippen LogP contribution in [0.1, 0.15) is 10.4 Å². The van der Waals surface area contributed by atoms with Gasteiger partial charge in [0.05, 0.1) is 23.4 Å². The number of hydrogen-bond donors (Lipinski definition) is 2. The number of carbonyl (C=O) groups is 1. The van der Waals surface area contributed by atoms with E-state index < -0.39 is 0 Å². The largest absolute Gasteiger partial charge is 0.495 e. The summed E-state index contributed by atoms with van der Waals surface area (Å²) in [6, 6.07) is 11.9.